The first-order valence-corrected chi connectivity index (χ1v) is 8.31. The minimum atomic E-state index is 0.383. The van der Waals surface area contributed by atoms with E-state index >= 15 is 0 Å². The maximum atomic E-state index is 5.61. The molecular formula is C20H25NO2. The summed E-state index contributed by atoms with van der Waals surface area (Å²) in [5.74, 6) is 1.85. The van der Waals surface area contributed by atoms with Crippen LogP contribution in [0.15, 0.2) is 48.5 Å². The van der Waals surface area contributed by atoms with Crippen molar-refractivity contribution in [3.63, 3.8) is 0 Å². The fraction of sp³-hybridized carbons (Fsp3) is 0.400. The molecule has 3 rings (SSSR count). The fourth-order valence-corrected chi connectivity index (χ4v) is 3.45. The van der Waals surface area contributed by atoms with Crippen LogP contribution in [0.4, 0.5) is 0 Å². The van der Waals surface area contributed by atoms with Gasteiger partial charge < -0.3 is 9.47 Å². The molecule has 1 aliphatic heterocycles. The van der Waals surface area contributed by atoms with Crippen LogP contribution in [0.25, 0.3) is 0 Å². The van der Waals surface area contributed by atoms with Gasteiger partial charge in [-0.3, -0.25) is 4.90 Å². The quantitative estimate of drug-likeness (QED) is 0.815. The zero-order chi connectivity index (χ0) is 16.1. The molecule has 122 valence electrons. The van der Waals surface area contributed by atoms with E-state index < -0.39 is 0 Å². The topological polar surface area (TPSA) is 21.7 Å². The Kier molecular flexibility index (Phi) is 5.19. The summed E-state index contributed by atoms with van der Waals surface area (Å²) in [5.41, 5.74) is 2.60. The van der Waals surface area contributed by atoms with Crippen LogP contribution >= 0.6 is 0 Å². The third kappa shape index (κ3) is 3.67. The van der Waals surface area contributed by atoms with Crippen molar-refractivity contribution in [2.75, 3.05) is 20.8 Å². The predicted octanol–water partition coefficient (Wildman–Crippen LogP) is 4.43. The van der Waals surface area contributed by atoms with E-state index in [0.29, 0.717) is 6.04 Å². The predicted molar refractivity (Wildman–Crippen MR) is 93.0 cm³/mol. The van der Waals surface area contributed by atoms with Gasteiger partial charge in [-0.05, 0) is 43.1 Å². The molecule has 0 bridgehead atoms. The van der Waals surface area contributed by atoms with Crippen molar-refractivity contribution in [2.45, 2.75) is 31.8 Å². The first-order chi connectivity index (χ1) is 11.3. The highest BCUT2D eigenvalue weighted by Gasteiger charge is 2.26. The second kappa shape index (κ2) is 7.51. The van der Waals surface area contributed by atoms with E-state index in [1.165, 1.54) is 24.0 Å². The zero-order valence-electron chi connectivity index (χ0n) is 14.0. The van der Waals surface area contributed by atoms with Crippen LogP contribution in [0.2, 0.25) is 0 Å². The molecule has 3 nitrogen and oxygen atoms in total. The Labute approximate surface area is 138 Å². The van der Waals surface area contributed by atoms with Crippen LogP contribution in [0.3, 0.4) is 0 Å². The first-order valence-electron chi connectivity index (χ1n) is 8.31. The minimum Gasteiger partial charge on any atom is -0.497 e. The number of hydrogen-bond donors (Lipinski definition) is 0. The van der Waals surface area contributed by atoms with Gasteiger partial charge in [0, 0.05) is 18.2 Å². The monoisotopic (exact) mass is 311 g/mol. The Morgan fingerprint density at radius 3 is 2.57 bits per heavy atom. The Morgan fingerprint density at radius 1 is 1.00 bits per heavy atom. The van der Waals surface area contributed by atoms with Crippen LogP contribution in [-0.2, 0) is 6.54 Å². The van der Waals surface area contributed by atoms with Crippen LogP contribution < -0.4 is 9.47 Å². The first kappa shape index (κ1) is 15.9. The summed E-state index contributed by atoms with van der Waals surface area (Å²) >= 11 is 0. The SMILES string of the molecule is COc1ccc(OC)c(C2CCCCN2Cc2ccccc2)c1. The molecule has 0 radical (unpaired) electrons. The van der Waals surface area contributed by atoms with E-state index in [9.17, 15) is 0 Å². The number of methoxy groups -OCH3 is 2. The van der Waals surface area contributed by atoms with E-state index in [1.54, 1.807) is 14.2 Å². The Bertz CT molecular complexity index is 627. The highest BCUT2D eigenvalue weighted by molar-refractivity contribution is 5.42. The second-order valence-corrected chi connectivity index (χ2v) is 6.08. The van der Waals surface area contributed by atoms with Crippen molar-refractivity contribution in [2.24, 2.45) is 0 Å². The molecule has 1 saturated heterocycles. The summed E-state index contributed by atoms with van der Waals surface area (Å²) in [6.45, 7) is 2.10. The Hall–Kier alpha value is -2.00. The molecule has 1 atom stereocenters. The normalized spacial score (nSPS) is 18.6. The highest BCUT2D eigenvalue weighted by Crippen LogP contribution is 2.38. The van der Waals surface area contributed by atoms with Gasteiger partial charge in [0.05, 0.1) is 14.2 Å². The lowest BCUT2D eigenvalue weighted by Gasteiger charge is -2.36. The van der Waals surface area contributed by atoms with Crippen molar-refractivity contribution in [3.8, 4) is 11.5 Å². The number of benzene rings is 2. The summed E-state index contributed by atoms with van der Waals surface area (Å²) in [6.07, 6.45) is 3.68. The van der Waals surface area contributed by atoms with E-state index in [0.717, 1.165) is 31.0 Å². The van der Waals surface area contributed by atoms with Gasteiger partial charge >= 0.3 is 0 Å². The second-order valence-electron chi connectivity index (χ2n) is 6.08. The van der Waals surface area contributed by atoms with Crippen molar-refractivity contribution in [1.29, 1.82) is 0 Å². The standard InChI is InChI=1S/C20H25NO2/c1-22-17-11-12-20(23-2)18(14-17)19-10-6-7-13-21(19)15-16-8-4-3-5-9-16/h3-5,8-9,11-12,14,19H,6-7,10,13,15H2,1-2H3. The average Bonchev–Trinajstić information content (AvgIpc) is 2.62. The number of nitrogens with zero attached hydrogens (tertiary/aromatic N) is 1. The zero-order valence-corrected chi connectivity index (χ0v) is 14.0. The Balaban J connectivity index is 1.89. The summed E-state index contributed by atoms with van der Waals surface area (Å²) in [7, 11) is 3.46. The van der Waals surface area contributed by atoms with Gasteiger partial charge in [-0.15, -0.1) is 0 Å². The van der Waals surface area contributed by atoms with Crippen molar-refractivity contribution in [1.82, 2.24) is 4.90 Å². The molecular weight excluding hydrogens is 286 g/mol. The lowest BCUT2D eigenvalue weighted by molar-refractivity contribution is 0.137. The summed E-state index contributed by atoms with van der Waals surface area (Å²) in [6, 6.07) is 17.2. The third-order valence-electron chi connectivity index (χ3n) is 4.64. The molecule has 2 aromatic carbocycles. The highest BCUT2D eigenvalue weighted by atomic mass is 16.5. The van der Waals surface area contributed by atoms with Crippen molar-refractivity contribution in [3.05, 3.63) is 59.7 Å². The molecule has 1 aliphatic rings. The molecule has 0 amide bonds. The van der Waals surface area contributed by atoms with Crippen molar-refractivity contribution >= 4 is 0 Å². The van der Waals surface area contributed by atoms with Crippen LogP contribution in [-0.4, -0.2) is 25.7 Å². The van der Waals surface area contributed by atoms with Gasteiger partial charge in [0.2, 0.25) is 0 Å². The lowest BCUT2D eigenvalue weighted by Crippen LogP contribution is -2.33. The molecule has 2 aromatic rings. The maximum absolute atomic E-state index is 5.61. The molecule has 0 aliphatic carbocycles. The van der Waals surface area contributed by atoms with Crippen LogP contribution in [0.1, 0.15) is 36.4 Å². The largest absolute Gasteiger partial charge is 0.497 e. The maximum Gasteiger partial charge on any atom is 0.123 e. The summed E-state index contributed by atoms with van der Waals surface area (Å²) in [5, 5.41) is 0. The minimum absolute atomic E-state index is 0.383. The average molecular weight is 311 g/mol. The van der Waals surface area contributed by atoms with Crippen molar-refractivity contribution < 1.29 is 9.47 Å². The molecule has 3 heteroatoms. The summed E-state index contributed by atoms with van der Waals surface area (Å²) < 4.78 is 11.0. The van der Waals surface area contributed by atoms with Gasteiger partial charge in [-0.25, -0.2) is 0 Å². The van der Waals surface area contributed by atoms with Gasteiger partial charge in [-0.1, -0.05) is 36.8 Å². The summed E-state index contributed by atoms with van der Waals surface area (Å²) in [4.78, 5) is 2.57. The number of hydrogen-bond acceptors (Lipinski definition) is 3. The van der Waals surface area contributed by atoms with Gasteiger partial charge in [-0.2, -0.15) is 0 Å². The number of rotatable bonds is 5. The molecule has 1 heterocycles. The molecule has 0 aromatic heterocycles. The van der Waals surface area contributed by atoms with Gasteiger partial charge in [0.25, 0.3) is 0 Å². The molecule has 0 N–H and O–H groups in total. The molecule has 1 fully saturated rings. The van der Waals surface area contributed by atoms with Gasteiger partial charge in [0.1, 0.15) is 11.5 Å². The van der Waals surface area contributed by atoms with E-state index in [2.05, 4.69) is 41.3 Å². The van der Waals surface area contributed by atoms with E-state index in [1.807, 2.05) is 12.1 Å². The molecule has 23 heavy (non-hydrogen) atoms. The molecule has 0 saturated carbocycles. The molecule has 0 spiro atoms. The number of piperidine rings is 1. The Morgan fingerprint density at radius 2 is 1.83 bits per heavy atom. The smallest absolute Gasteiger partial charge is 0.123 e. The number of ether oxygens (including phenoxy) is 2. The van der Waals surface area contributed by atoms with Crippen LogP contribution in [0.5, 0.6) is 11.5 Å². The van der Waals surface area contributed by atoms with Gasteiger partial charge in [0.15, 0.2) is 0 Å². The molecule has 1 unspecified atom stereocenters. The fourth-order valence-electron chi connectivity index (χ4n) is 3.45. The third-order valence-corrected chi connectivity index (χ3v) is 4.64. The van der Waals surface area contributed by atoms with E-state index in [-0.39, 0.29) is 0 Å². The number of likely N-dealkylation sites (tertiary alicyclic amines) is 1. The van der Waals surface area contributed by atoms with Crippen LogP contribution in [0, 0.1) is 0 Å². The lowest BCUT2D eigenvalue weighted by atomic mass is 9.93. The van der Waals surface area contributed by atoms with E-state index in [4.69, 9.17) is 9.47 Å².